The van der Waals surface area contributed by atoms with Gasteiger partial charge in [-0.1, -0.05) is 29.8 Å². The molecule has 1 atom stereocenters. The number of fused-ring (bicyclic) bond motifs is 1. The monoisotopic (exact) mass is 468 g/mol. The lowest BCUT2D eigenvalue weighted by atomic mass is 9.93. The van der Waals surface area contributed by atoms with Gasteiger partial charge < -0.3 is 24.5 Å². The van der Waals surface area contributed by atoms with E-state index in [0.29, 0.717) is 30.3 Å². The summed E-state index contributed by atoms with van der Waals surface area (Å²) in [6.45, 7) is 2.63. The second-order valence-electron chi connectivity index (χ2n) is 7.89. The van der Waals surface area contributed by atoms with Gasteiger partial charge in [0.15, 0.2) is 0 Å². The number of hydrogen-bond acceptors (Lipinski definition) is 5. The molecule has 1 aromatic heterocycles. The Morgan fingerprint density at radius 2 is 1.94 bits per heavy atom. The summed E-state index contributed by atoms with van der Waals surface area (Å²) in [7, 11) is 3.05. The maximum Gasteiger partial charge on any atom is 0.295 e. The first-order chi connectivity index (χ1) is 15.9. The molecule has 0 spiro atoms. The predicted molar refractivity (Wildman–Crippen MR) is 127 cm³/mol. The number of carbonyl (C=O) groups is 2. The summed E-state index contributed by atoms with van der Waals surface area (Å²) in [5.74, 6) is -1.39. The number of halogens is 1. The molecule has 1 amide bonds. The third kappa shape index (κ3) is 3.98. The molecular weight excluding hydrogens is 444 g/mol. The number of hydrogen-bond donors (Lipinski definition) is 2. The first-order valence-electron chi connectivity index (χ1n) is 10.6. The predicted octanol–water partition coefficient (Wildman–Crippen LogP) is 4.60. The fourth-order valence-corrected chi connectivity index (χ4v) is 4.62. The molecule has 2 N–H and O–H groups in total. The number of H-pyrrole nitrogens is 1. The molecule has 0 saturated carbocycles. The highest BCUT2D eigenvalue weighted by Crippen LogP contribution is 2.44. The van der Waals surface area contributed by atoms with Gasteiger partial charge in [-0.3, -0.25) is 9.59 Å². The fraction of sp³-hybridized carbons (Fsp3) is 0.280. The number of rotatable bonds is 7. The van der Waals surface area contributed by atoms with Gasteiger partial charge in [0.1, 0.15) is 11.5 Å². The van der Waals surface area contributed by atoms with E-state index in [4.69, 9.17) is 21.1 Å². The van der Waals surface area contributed by atoms with Crippen LogP contribution in [0.2, 0.25) is 5.02 Å². The minimum Gasteiger partial charge on any atom is -0.507 e. The van der Waals surface area contributed by atoms with E-state index in [1.54, 1.807) is 19.2 Å². The Hall–Kier alpha value is -3.29. The van der Waals surface area contributed by atoms with Crippen molar-refractivity contribution in [1.82, 2.24) is 9.88 Å². The Morgan fingerprint density at radius 1 is 1.18 bits per heavy atom. The molecule has 4 rings (SSSR count). The molecule has 172 valence electrons. The number of Topliss-reactive ketones (excluding diaryl/α,β-unsaturated/α-hetero) is 1. The van der Waals surface area contributed by atoms with E-state index in [9.17, 15) is 14.7 Å². The largest absolute Gasteiger partial charge is 0.507 e. The Labute approximate surface area is 196 Å². The Balaban J connectivity index is 1.97. The number of ketones is 1. The number of para-hydroxylation sites is 1. The lowest BCUT2D eigenvalue weighted by molar-refractivity contribution is -0.140. The van der Waals surface area contributed by atoms with Crippen molar-refractivity contribution in [2.24, 2.45) is 0 Å². The Kier molecular flexibility index (Phi) is 6.44. The van der Waals surface area contributed by atoms with Crippen LogP contribution in [0.1, 0.15) is 29.3 Å². The zero-order valence-corrected chi connectivity index (χ0v) is 19.4. The number of aromatic nitrogens is 1. The molecule has 7 nitrogen and oxygen atoms in total. The number of likely N-dealkylation sites (tertiary alicyclic amines) is 1. The lowest BCUT2D eigenvalue weighted by Gasteiger charge is -2.25. The number of nitrogens with one attached hydrogen (secondary N) is 1. The zero-order chi connectivity index (χ0) is 23.7. The van der Waals surface area contributed by atoms with Crippen LogP contribution in [0.3, 0.4) is 0 Å². The van der Waals surface area contributed by atoms with Crippen molar-refractivity contribution < 1.29 is 24.2 Å². The maximum atomic E-state index is 13.3. The first-order valence-corrected chi connectivity index (χ1v) is 10.9. The average molecular weight is 469 g/mol. The molecular formula is C25H25ClN2O5. The van der Waals surface area contributed by atoms with Crippen LogP contribution < -0.4 is 4.74 Å². The lowest BCUT2D eigenvalue weighted by Crippen LogP contribution is -2.31. The van der Waals surface area contributed by atoms with E-state index in [1.807, 2.05) is 31.2 Å². The molecule has 0 bridgehead atoms. The number of nitrogens with zero attached hydrogens (tertiary/aromatic N) is 1. The summed E-state index contributed by atoms with van der Waals surface area (Å²) in [5.41, 5.74) is 2.72. The van der Waals surface area contributed by atoms with Crippen molar-refractivity contribution in [2.45, 2.75) is 19.4 Å². The number of carbonyl (C=O) groups excluding carboxylic acids is 2. The Bertz CT molecular complexity index is 1260. The smallest absolute Gasteiger partial charge is 0.295 e. The molecule has 3 aromatic rings. The maximum absolute atomic E-state index is 13.3. The number of aromatic amines is 1. The highest BCUT2D eigenvalue weighted by Gasteiger charge is 2.47. The summed E-state index contributed by atoms with van der Waals surface area (Å²) >= 11 is 6.17. The summed E-state index contributed by atoms with van der Waals surface area (Å²) in [6, 6.07) is 11.7. The summed E-state index contributed by atoms with van der Waals surface area (Å²) < 4.78 is 10.5. The van der Waals surface area contributed by atoms with Gasteiger partial charge in [0.2, 0.25) is 0 Å². The summed E-state index contributed by atoms with van der Waals surface area (Å²) in [5, 5.41) is 12.6. The van der Waals surface area contributed by atoms with Crippen molar-refractivity contribution in [3.05, 3.63) is 69.9 Å². The van der Waals surface area contributed by atoms with E-state index < -0.39 is 17.7 Å². The van der Waals surface area contributed by atoms with Crippen LogP contribution >= 0.6 is 11.6 Å². The van der Waals surface area contributed by atoms with E-state index in [-0.39, 0.29) is 16.9 Å². The van der Waals surface area contributed by atoms with Gasteiger partial charge in [0.25, 0.3) is 11.7 Å². The van der Waals surface area contributed by atoms with Crippen LogP contribution in [0.4, 0.5) is 0 Å². The number of ether oxygens (including phenoxy) is 2. The first kappa shape index (κ1) is 22.9. The minimum atomic E-state index is -0.776. The van der Waals surface area contributed by atoms with Crippen LogP contribution in [0.5, 0.6) is 5.75 Å². The molecule has 8 heteroatoms. The van der Waals surface area contributed by atoms with E-state index in [2.05, 4.69) is 4.98 Å². The number of aryl methyl sites for hydroxylation is 1. The van der Waals surface area contributed by atoms with Crippen LogP contribution in [0, 0.1) is 6.92 Å². The Morgan fingerprint density at radius 3 is 2.67 bits per heavy atom. The van der Waals surface area contributed by atoms with Gasteiger partial charge in [0, 0.05) is 47.4 Å². The van der Waals surface area contributed by atoms with Gasteiger partial charge in [-0.05, 0) is 37.6 Å². The van der Waals surface area contributed by atoms with Gasteiger partial charge >= 0.3 is 0 Å². The number of methoxy groups -OCH3 is 2. The van der Waals surface area contributed by atoms with Crippen molar-refractivity contribution in [3.63, 3.8) is 0 Å². The van der Waals surface area contributed by atoms with Crippen molar-refractivity contribution in [2.75, 3.05) is 27.4 Å². The molecule has 1 saturated heterocycles. The molecule has 1 aliphatic heterocycles. The molecule has 1 aliphatic rings. The second-order valence-corrected chi connectivity index (χ2v) is 8.33. The third-order valence-electron chi connectivity index (χ3n) is 5.92. The van der Waals surface area contributed by atoms with Crippen LogP contribution in [0.15, 0.2) is 48.0 Å². The van der Waals surface area contributed by atoms with Gasteiger partial charge in [-0.15, -0.1) is 0 Å². The van der Waals surface area contributed by atoms with E-state index in [1.165, 1.54) is 18.1 Å². The van der Waals surface area contributed by atoms with Gasteiger partial charge in [-0.2, -0.15) is 0 Å². The summed E-state index contributed by atoms with van der Waals surface area (Å²) in [4.78, 5) is 31.3. The molecule has 2 heterocycles. The van der Waals surface area contributed by atoms with Crippen LogP contribution in [0.25, 0.3) is 16.7 Å². The average Bonchev–Trinajstić information content (AvgIpc) is 3.26. The zero-order valence-electron chi connectivity index (χ0n) is 18.6. The van der Waals surface area contributed by atoms with E-state index in [0.717, 1.165) is 22.2 Å². The number of aliphatic hydroxyl groups is 1. The highest BCUT2D eigenvalue weighted by molar-refractivity contribution is 6.46. The quantitative estimate of drug-likeness (QED) is 0.229. The minimum absolute atomic E-state index is 0.00540. The topological polar surface area (TPSA) is 91.9 Å². The molecule has 2 aromatic carbocycles. The highest BCUT2D eigenvalue weighted by atomic mass is 35.5. The van der Waals surface area contributed by atoms with Crippen molar-refractivity contribution >= 4 is 40.0 Å². The normalized spacial score (nSPS) is 17.8. The van der Waals surface area contributed by atoms with Crippen molar-refractivity contribution in [1.29, 1.82) is 0 Å². The molecule has 33 heavy (non-hydrogen) atoms. The summed E-state index contributed by atoms with van der Waals surface area (Å²) in [6.07, 6.45) is 0.544. The van der Waals surface area contributed by atoms with Gasteiger partial charge in [0.05, 0.1) is 24.3 Å². The van der Waals surface area contributed by atoms with E-state index >= 15 is 0 Å². The van der Waals surface area contributed by atoms with Crippen LogP contribution in [-0.2, 0) is 14.3 Å². The number of benzene rings is 2. The second kappa shape index (κ2) is 9.29. The fourth-order valence-electron chi connectivity index (χ4n) is 4.45. The molecule has 0 radical (unpaired) electrons. The number of aliphatic hydroxyl groups excluding tert-OH is 1. The SMILES string of the molecule is COCCCN1C(=O)C(=O)/C(=C(/O)c2cc(Cl)ccc2OC)C1c1c(C)[nH]c2ccccc12. The molecule has 1 unspecified atom stereocenters. The standard InChI is InChI=1S/C25H25ClN2O5/c1-14-20(16-7-4-5-8-18(16)27-14)22-21(24(30)25(31)28(22)11-6-12-32-2)23(29)17-13-15(26)9-10-19(17)33-3/h4-5,7-10,13,22,27,29H,6,11-12H2,1-3H3/b23-21+. The molecule has 1 fully saturated rings. The van der Waals surface area contributed by atoms with Gasteiger partial charge in [-0.25, -0.2) is 0 Å². The molecule has 0 aliphatic carbocycles. The number of amides is 1. The van der Waals surface area contributed by atoms with Crippen LogP contribution in [-0.4, -0.2) is 54.1 Å². The third-order valence-corrected chi connectivity index (χ3v) is 6.16. The van der Waals surface area contributed by atoms with Crippen molar-refractivity contribution in [3.8, 4) is 5.75 Å².